The molecule has 2 aromatic rings. The van der Waals surface area contributed by atoms with Gasteiger partial charge in [-0.15, -0.1) is 0 Å². The van der Waals surface area contributed by atoms with Crippen LogP contribution < -0.4 is 10.6 Å². The van der Waals surface area contributed by atoms with Gasteiger partial charge in [0.2, 0.25) is 0 Å². The number of benzene rings is 1. The molecule has 1 aliphatic carbocycles. The van der Waals surface area contributed by atoms with E-state index >= 15 is 0 Å². The van der Waals surface area contributed by atoms with E-state index in [1.165, 1.54) is 12.7 Å². The first kappa shape index (κ1) is 17.2. The number of esters is 1. The van der Waals surface area contributed by atoms with Crippen molar-refractivity contribution in [1.29, 1.82) is 0 Å². The van der Waals surface area contributed by atoms with Crippen LogP contribution in [-0.2, 0) is 9.53 Å². The average molecular weight is 340 g/mol. The van der Waals surface area contributed by atoms with Crippen LogP contribution in [0.25, 0.3) is 0 Å². The van der Waals surface area contributed by atoms with Crippen LogP contribution in [0.2, 0.25) is 0 Å². The summed E-state index contributed by atoms with van der Waals surface area (Å²) in [5.41, 5.74) is 2.20. The lowest BCUT2D eigenvalue weighted by Crippen LogP contribution is -2.30. The summed E-state index contributed by atoms with van der Waals surface area (Å²) in [5, 5.41) is 6.75. The number of carbonyl (C=O) groups excluding carboxylic acids is 1. The minimum Gasteiger partial charge on any atom is -0.469 e. The zero-order valence-electron chi connectivity index (χ0n) is 14.7. The molecule has 2 N–H and O–H groups in total. The maximum absolute atomic E-state index is 11.6. The summed E-state index contributed by atoms with van der Waals surface area (Å²) in [7, 11) is 1.45. The van der Waals surface area contributed by atoms with Gasteiger partial charge >= 0.3 is 5.97 Å². The third-order valence-corrected chi connectivity index (χ3v) is 4.57. The number of aryl methyl sites for hydroxylation is 1. The molecule has 132 valence electrons. The van der Waals surface area contributed by atoms with Crippen molar-refractivity contribution in [1.82, 2.24) is 9.97 Å². The highest BCUT2D eigenvalue weighted by molar-refractivity contribution is 5.72. The van der Waals surface area contributed by atoms with Gasteiger partial charge in [-0.1, -0.05) is 12.1 Å². The highest BCUT2D eigenvalue weighted by Gasteiger charge is 2.26. The van der Waals surface area contributed by atoms with Crippen LogP contribution in [0, 0.1) is 12.8 Å². The molecule has 0 atom stereocenters. The van der Waals surface area contributed by atoms with E-state index in [0.29, 0.717) is 6.04 Å². The van der Waals surface area contributed by atoms with Crippen LogP contribution in [0.4, 0.5) is 17.3 Å². The van der Waals surface area contributed by atoms with Gasteiger partial charge < -0.3 is 15.4 Å². The van der Waals surface area contributed by atoms with Crippen molar-refractivity contribution >= 4 is 23.3 Å². The summed E-state index contributed by atoms with van der Waals surface area (Å²) in [5.74, 6) is 1.50. The largest absolute Gasteiger partial charge is 0.469 e. The molecule has 1 fully saturated rings. The van der Waals surface area contributed by atoms with Gasteiger partial charge in [-0.25, -0.2) is 9.97 Å². The molecule has 0 aliphatic heterocycles. The van der Waals surface area contributed by atoms with Gasteiger partial charge in [-0.3, -0.25) is 4.79 Å². The van der Waals surface area contributed by atoms with E-state index in [-0.39, 0.29) is 11.9 Å². The molecule has 1 heterocycles. The molecule has 1 aromatic heterocycles. The number of ether oxygens (including phenoxy) is 1. The number of aromatic nitrogens is 2. The SMILES string of the molecule is COC(=O)[C@H]1CC[C@H](Nc2cc(Nc3cccc(C)c3)ncn2)CC1. The molecule has 6 heteroatoms. The van der Waals surface area contributed by atoms with Crippen molar-refractivity contribution < 1.29 is 9.53 Å². The Morgan fingerprint density at radius 3 is 2.60 bits per heavy atom. The molecule has 1 aromatic carbocycles. The van der Waals surface area contributed by atoms with Gasteiger partial charge in [0.05, 0.1) is 13.0 Å². The van der Waals surface area contributed by atoms with Crippen LogP contribution >= 0.6 is 0 Å². The van der Waals surface area contributed by atoms with Crippen molar-refractivity contribution in [2.24, 2.45) is 5.92 Å². The molecule has 3 rings (SSSR count). The van der Waals surface area contributed by atoms with Crippen molar-refractivity contribution in [3.63, 3.8) is 0 Å². The molecule has 0 spiro atoms. The summed E-state index contributed by atoms with van der Waals surface area (Å²) >= 11 is 0. The molecule has 0 bridgehead atoms. The fourth-order valence-corrected chi connectivity index (χ4v) is 3.22. The number of hydrogen-bond donors (Lipinski definition) is 2. The number of carbonyl (C=O) groups is 1. The molecular weight excluding hydrogens is 316 g/mol. The molecule has 0 unspecified atom stereocenters. The Morgan fingerprint density at radius 2 is 1.88 bits per heavy atom. The second kappa shape index (κ2) is 7.96. The van der Waals surface area contributed by atoms with Crippen molar-refractivity contribution in [3.05, 3.63) is 42.2 Å². The van der Waals surface area contributed by atoms with Gasteiger partial charge in [0.25, 0.3) is 0 Å². The van der Waals surface area contributed by atoms with Crippen LogP contribution in [0.3, 0.4) is 0 Å². The van der Waals surface area contributed by atoms with E-state index in [0.717, 1.165) is 43.0 Å². The van der Waals surface area contributed by atoms with E-state index in [9.17, 15) is 4.79 Å². The zero-order chi connectivity index (χ0) is 17.6. The van der Waals surface area contributed by atoms with Crippen LogP contribution in [-0.4, -0.2) is 29.1 Å². The maximum Gasteiger partial charge on any atom is 0.308 e. The standard InChI is InChI=1S/C19H24N4O2/c1-13-4-3-5-16(10-13)23-18-11-17(20-12-21-18)22-15-8-6-14(7-9-15)19(24)25-2/h3-5,10-12,14-15H,6-9H2,1-2H3,(H2,20,21,22,23)/t14-,15-. The number of rotatable bonds is 5. The molecule has 1 aliphatic rings. The summed E-state index contributed by atoms with van der Waals surface area (Å²) in [4.78, 5) is 20.2. The highest BCUT2D eigenvalue weighted by Crippen LogP contribution is 2.27. The minimum absolute atomic E-state index is 0.0343. The second-order valence-corrected chi connectivity index (χ2v) is 6.50. The predicted molar refractivity (Wildman–Crippen MR) is 97.9 cm³/mol. The highest BCUT2D eigenvalue weighted by atomic mass is 16.5. The molecule has 25 heavy (non-hydrogen) atoms. The van der Waals surface area contributed by atoms with Crippen molar-refractivity contribution in [3.8, 4) is 0 Å². The van der Waals surface area contributed by atoms with E-state index in [2.05, 4.69) is 39.7 Å². The third-order valence-electron chi connectivity index (χ3n) is 4.57. The third kappa shape index (κ3) is 4.68. The fourth-order valence-electron chi connectivity index (χ4n) is 3.22. The number of nitrogens with one attached hydrogen (secondary N) is 2. The number of methoxy groups -OCH3 is 1. The van der Waals surface area contributed by atoms with E-state index in [1.54, 1.807) is 6.33 Å². The lowest BCUT2D eigenvalue weighted by molar-refractivity contribution is -0.146. The summed E-state index contributed by atoms with van der Waals surface area (Å²) < 4.78 is 4.84. The average Bonchev–Trinajstić information content (AvgIpc) is 2.62. The Bertz CT molecular complexity index is 727. The van der Waals surface area contributed by atoms with Crippen LogP contribution in [0.1, 0.15) is 31.2 Å². The summed E-state index contributed by atoms with van der Waals surface area (Å²) in [6.45, 7) is 2.06. The molecule has 0 amide bonds. The summed E-state index contributed by atoms with van der Waals surface area (Å²) in [6.07, 6.45) is 5.13. The Balaban J connectivity index is 1.58. The maximum atomic E-state index is 11.6. The molecule has 0 saturated heterocycles. The molecular formula is C19H24N4O2. The van der Waals surface area contributed by atoms with Gasteiger partial charge in [-0.2, -0.15) is 0 Å². The van der Waals surface area contributed by atoms with Crippen LogP contribution in [0.15, 0.2) is 36.7 Å². The molecule has 1 saturated carbocycles. The fraction of sp³-hybridized carbons (Fsp3) is 0.421. The molecule has 0 radical (unpaired) electrons. The van der Waals surface area contributed by atoms with Crippen LogP contribution in [0.5, 0.6) is 0 Å². The summed E-state index contributed by atoms with van der Waals surface area (Å²) in [6, 6.07) is 10.4. The Kier molecular flexibility index (Phi) is 5.48. The zero-order valence-corrected chi connectivity index (χ0v) is 14.7. The number of hydrogen-bond acceptors (Lipinski definition) is 6. The molecule has 6 nitrogen and oxygen atoms in total. The van der Waals surface area contributed by atoms with Crippen molar-refractivity contribution in [2.75, 3.05) is 17.7 Å². The van der Waals surface area contributed by atoms with E-state index in [4.69, 9.17) is 4.74 Å². The number of anilines is 3. The van der Waals surface area contributed by atoms with Gasteiger partial charge in [0.15, 0.2) is 0 Å². The first-order valence-electron chi connectivity index (χ1n) is 8.64. The first-order valence-corrected chi connectivity index (χ1v) is 8.64. The van der Waals surface area contributed by atoms with Crippen molar-refractivity contribution in [2.45, 2.75) is 38.6 Å². The Morgan fingerprint density at radius 1 is 1.12 bits per heavy atom. The van der Waals surface area contributed by atoms with E-state index < -0.39 is 0 Å². The predicted octanol–water partition coefficient (Wildman–Crippen LogP) is 3.67. The smallest absolute Gasteiger partial charge is 0.308 e. The topological polar surface area (TPSA) is 76.1 Å². The van der Waals surface area contributed by atoms with Gasteiger partial charge in [0.1, 0.15) is 18.0 Å². The minimum atomic E-state index is -0.0925. The lowest BCUT2D eigenvalue weighted by Gasteiger charge is -2.27. The normalized spacial score (nSPS) is 19.9. The number of nitrogens with zero attached hydrogens (tertiary/aromatic N) is 2. The Labute approximate surface area is 148 Å². The second-order valence-electron chi connectivity index (χ2n) is 6.50. The van der Waals surface area contributed by atoms with Gasteiger partial charge in [-0.05, 0) is 50.3 Å². The monoisotopic (exact) mass is 340 g/mol. The lowest BCUT2D eigenvalue weighted by atomic mass is 9.86. The first-order chi connectivity index (χ1) is 12.1. The van der Waals surface area contributed by atoms with Gasteiger partial charge in [0, 0.05) is 17.8 Å². The quantitative estimate of drug-likeness (QED) is 0.809. The van der Waals surface area contributed by atoms with E-state index in [1.807, 2.05) is 18.2 Å². The Hall–Kier alpha value is -2.63.